The molecule has 2 aliphatic carbocycles. The van der Waals surface area contributed by atoms with Crippen molar-refractivity contribution in [3.05, 3.63) is 94.0 Å². The smallest absolute Gasteiger partial charge is 0.253 e. The second kappa shape index (κ2) is 24.5. The van der Waals surface area contributed by atoms with Gasteiger partial charge in [0.05, 0.1) is 61.4 Å². The molecule has 61 heavy (non-hydrogen) atoms. The Hall–Kier alpha value is -3.34. The zero-order chi connectivity index (χ0) is 43.0. The Balaban J connectivity index is 0.000000181. The lowest BCUT2D eigenvalue weighted by molar-refractivity contribution is -0.123. The van der Waals surface area contributed by atoms with Crippen LogP contribution in [0.15, 0.2) is 61.5 Å². The molecule has 12 nitrogen and oxygen atoms in total. The lowest BCUT2D eigenvalue weighted by Gasteiger charge is -2.31. The lowest BCUT2D eigenvalue weighted by Crippen LogP contribution is -2.38. The number of carbonyl (C=O) groups excluding carboxylic acids is 2. The molecule has 0 bridgehead atoms. The normalized spacial score (nSPS) is 18.6. The Bertz CT molecular complexity index is 2060. The van der Waals surface area contributed by atoms with Crippen molar-refractivity contribution in [2.24, 2.45) is 11.8 Å². The number of halogens is 1. The van der Waals surface area contributed by atoms with Gasteiger partial charge in [-0.15, -0.1) is 22.7 Å². The molecule has 0 aromatic carbocycles. The number of morpholine rings is 2. The Morgan fingerprint density at radius 3 is 1.59 bits per heavy atom. The van der Waals surface area contributed by atoms with Gasteiger partial charge in [0.15, 0.2) is 11.6 Å². The first-order valence-electron chi connectivity index (χ1n) is 22.2. The molecule has 332 valence electrons. The van der Waals surface area contributed by atoms with Crippen molar-refractivity contribution in [1.29, 1.82) is 0 Å². The Kier molecular flexibility index (Phi) is 18.9. The number of nitrogens with one attached hydrogen (secondary N) is 1. The van der Waals surface area contributed by atoms with E-state index in [9.17, 15) is 19.2 Å². The monoisotopic (exact) mass is 938 g/mol. The number of hydrogen-bond acceptors (Lipinski definition) is 12. The van der Waals surface area contributed by atoms with Gasteiger partial charge < -0.3 is 28.8 Å². The summed E-state index contributed by atoms with van der Waals surface area (Å²) in [4.78, 5) is 63.0. The first-order valence-corrected chi connectivity index (χ1v) is 24.8. The predicted molar refractivity (Wildman–Crippen MR) is 247 cm³/mol. The number of ether oxygens (including phenoxy) is 2. The minimum absolute atomic E-state index is 0.0789. The number of carbonyl (C=O) groups is 2. The molecule has 0 radical (unpaired) electrons. The number of hydrogen-bond donors (Lipinski definition) is 1. The molecule has 2 aliphatic heterocycles. The fraction of sp³-hybridized carbons (Fsp3) is 0.609. The van der Waals surface area contributed by atoms with Crippen molar-refractivity contribution in [1.82, 2.24) is 24.4 Å². The molecule has 2 saturated carbocycles. The van der Waals surface area contributed by atoms with Crippen molar-refractivity contribution in [2.75, 3.05) is 57.5 Å². The second-order valence-electron chi connectivity index (χ2n) is 16.7. The van der Waals surface area contributed by atoms with E-state index >= 15 is 0 Å². The van der Waals surface area contributed by atoms with Crippen LogP contribution < -0.4 is 21.3 Å². The maximum atomic E-state index is 13.4. The third-order valence-corrected chi connectivity index (χ3v) is 14.3. The summed E-state index contributed by atoms with van der Waals surface area (Å²) in [6.45, 7) is 10.6. The molecule has 0 amide bonds. The number of aromatic nitrogens is 4. The third-order valence-electron chi connectivity index (χ3n) is 12.2. The molecular formula is C46H63BrN6O6S2. The minimum Gasteiger partial charge on any atom is -0.379 e. The van der Waals surface area contributed by atoms with Gasteiger partial charge in [0.25, 0.3) is 11.1 Å². The van der Waals surface area contributed by atoms with E-state index < -0.39 is 12.1 Å². The van der Waals surface area contributed by atoms with Gasteiger partial charge in [-0.05, 0) is 50.7 Å². The molecule has 8 rings (SSSR count). The Labute approximate surface area is 376 Å². The maximum Gasteiger partial charge on any atom is 0.253 e. The van der Waals surface area contributed by atoms with Gasteiger partial charge in [-0.25, -0.2) is 9.97 Å². The molecule has 0 spiro atoms. The average molecular weight is 940 g/mol. The third kappa shape index (κ3) is 14.3. The van der Waals surface area contributed by atoms with Gasteiger partial charge in [-0.1, -0.05) is 80.1 Å². The van der Waals surface area contributed by atoms with Gasteiger partial charge in [0.1, 0.15) is 0 Å². The van der Waals surface area contributed by atoms with Gasteiger partial charge in [-0.3, -0.25) is 19.2 Å². The summed E-state index contributed by atoms with van der Waals surface area (Å²) in [6.07, 6.45) is 17.7. The molecule has 6 heterocycles. The van der Waals surface area contributed by atoms with Crippen LogP contribution in [0.1, 0.15) is 111 Å². The SMILES string of the molecule is C1COCCN1.Cc1cc(Br)cc(=O)n1C(CC1CCCCC1)C(=O)Cc1nccs1.Cc1cc(N2CCOCC2)cc(=O)n1C(CC1CCCCC1)C(=O)Cc1nccs1. The van der Waals surface area contributed by atoms with E-state index in [-0.39, 0.29) is 22.7 Å². The lowest BCUT2D eigenvalue weighted by atomic mass is 9.83. The number of ketones is 2. The number of pyridine rings is 2. The zero-order valence-corrected chi connectivity index (χ0v) is 39.1. The highest BCUT2D eigenvalue weighted by Crippen LogP contribution is 2.34. The van der Waals surface area contributed by atoms with Crippen molar-refractivity contribution >= 4 is 55.9 Å². The second-order valence-corrected chi connectivity index (χ2v) is 19.6. The first-order chi connectivity index (χ1) is 29.7. The van der Waals surface area contributed by atoms with Crippen LogP contribution in [0, 0.1) is 25.7 Å². The quantitative estimate of drug-likeness (QED) is 0.140. The average Bonchev–Trinajstić information content (AvgIpc) is 3.99. The topological polar surface area (TPSA) is 138 Å². The van der Waals surface area contributed by atoms with Gasteiger partial charge in [-0.2, -0.15) is 0 Å². The van der Waals surface area contributed by atoms with E-state index in [1.165, 1.54) is 61.2 Å². The summed E-state index contributed by atoms with van der Waals surface area (Å²) in [5.41, 5.74) is 2.43. The van der Waals surface area contributed by atoms with Crippen LogP contribution in [0.25, 0.3) is 0 Å². The van der Waals surface area contributed by atoms with Crippen LogP contribution in [0.5, 0.6) is 0 Å². The highest BCUT2D eigenvalue weighted by Gasteiger charge is 2.30. The Morgan fingerprint density at radius 1 is 0.705 bits per heavy atom. The van der Waals surface area contributed by atoms with Gasteiger partial charge >= 0.3 is 0 Å². The molecule has 2 saturated heterocycles. The number of anilines is 1. The molecular weight excluding hydrogens is 877 g/mol. The van der Waals surface area contributed by atoms with Crippen LogP contribution in [-0.2, 0) is 31.9 Å². The molecule has 4 fully saturated rings. The van der Waals surface area contributed by atoms with E-state index in [1.54, 1.807) is 33.7 Å². The van der Waals surface area contributed by atoms with Gasteiger partial charge in [0, 0.05) is 83.0 Å². The van der Waals surface area contributed by atoms with E-state index in [1.807, 2.05) is 30.7 Å². The summed E-state index contributed by atoms with van der Waals surface area (Å²) < 4.78 is 14.6. The number of rotatable bonds is 13. The van der Waals surface area contributed by atoms with E-state index in [0.717, 1.165) is 109 Å². The number of thiazole rings is 2. The summed E-state index contributed by atoms with van der Waals surface area (Å²) in [5, 5.41) is 8.58. The molecule has 4 aromatic heterocycles. The first kappa shape index (κ1) is 47.1. The molecule has 2 atom stereocenters. The highest BCUT2D eigenvalue weighted by molar-refractivity contribution is 9.10. The van der Waals surface area contributed by atoms with Crippen molar-refractivity contribution in [2.45, 2.75) is 116 Å². The maximum absolute atomic E-state index is 13.4. The van der Waals surface area contributed by atoms with Crippen molar-refractivity contribution in [3.63, 3.8) is 0 Å². The van der Waals surface area contributed by atoms with Gasteiger partial charge in [0.2, 0.25) is 0 Å². The highest BCUT2D eigenvalue weighted by atomic mass is 79.9. The van der Waals surface area contributed by atoms with E-state index in [2.05, 4.69) is 42.2 Å². The van der Waals surface area contributed by atoms with Crippen molar-refractivity contribution < 1.29 is 19.1 Å². The van der Waals surface area contributed by atoms with Crippen LogP contribution in [0.2, 0.25) is 0 Å². The minimum atomic E-state index is -0.414. The van der Waals surface area contributed by atoms with E-state index in [0.29, 0.717) is 37.9 Å². The van der Waals surface area contributed by atoms with Crippen LogP contribution in [0.3, 0.4) is 0 Å². The predicted octanol–water partition coefficient (Wildman–Crippen LogP) is 8.08. The fourth-order valence-electron chi connectivity index (χ4n) is 9.14. The van der Waals surface area contributed by atoms with Crippen LogP contribution in [0.4, 0.5) is 5.69 Å². The summed E-state index contributed by atoms with van der Waals surface area (Å²) >= 11 is 6.37. The van der Waals surface area contributed by atoms with Crippen molar-refractivity contribution in [3.8, 4) is 0 Å². The van der Waals surface area contributed by atoms with Crippen LogP contribution >= 0.6 is 38.6 Å². The molecule has 1 N–H and O–H groups in total. The summed E-state index contributed by atoms with van der Waals surface area (Å²) in [7, 11) is 0. The number of nitrogens with zero attached hydrogens (tertiary/aromatic N) is 5. The summed E-state index contributed by atoms with van der Waals surface area (Å²) in [5.74, 6) is 1.22. The molecule has 15 heteroatoms. The number of Topliss-reactive ketones (excluding diaryl/α,β-unsaturated/α-hetero) is 2. The standard InChI is InChI=1S/C23H31N3O3S.C19H23BrN2O2S.C4H9NO/c1-17-13-19(25-8-10-29-11-9-25)15-23(28)26(17)20(14-18-5-3-2-4-6-18)21(27)16-22-24-7-12-30-22;1-13-9-15(20)11-19(24)22(13)16(10-14-5-3-2-4-6-14)17(23)12-18-21-7-8-25-18;1-3-6-4-2-5-1/h7,12-13,15,18,20H,2-6,8-11,14,16H2,1H3;7-9,11,14,16H,2-6,10,12H2,1H3;5H,1-4H2. The van der Waals surface area contributed by atoms with E-state index in [4.69, 9.17) is 9.47 Å². The Morgan fingerprint density at radius 2 is 1.18 bits per heavy atom. The fourth-order valence-corrected chi connectivity index (χ4v) is 10.9. The molecule has 2 unspecified atom stereocenters. The number of aryl methyl sites for hydroxylation is 2. The zero-order valence-electron chi connectivity index (χ0n) is 35.9. The molecule has 4 aromatic rings. The molecule has 4 aliphatic rings. The van der Waals surface area contributed by atoms with Crippen LogP contribution in [-0.4, -0.2) is 83.3 Å². The largest absolute Gasteiger partial charge is 0.379 e. The summed E-state index contributed by atoms with van der Waals surface area (Å²) in [6, 6.07) is 6.40.